The number of hydrogen-bond donors (Lipinski definition) is 4. The first kappa shape index (κ1) is 31.7. The Kier molecular flexibility index (Phi) is 11.2. The van der Waals surface area contributed by atoms with Gasteiger partial charge in [0.25, 0.3) is 5.56 Å². The summed E-state index contributed by atoms with van der Waals surface area (Å²) in [5.41, 5.74) is 5.29. The summed E-state index contributed by atoms with van der Waals surface area (Å²) in [6, 6.07) is 0. The lowest BCUT2D eigenvalue weighted by atomic mass is 9.89. The maximum absolute atomic E-state index is 12.2. The fourth-order valence-electron chi connectivity index (χ4n) is 4.59. The van der Waals surface area contributed by atoms with Crippen molar-refractivity contribution in [2.75, 3.05) is 19.8 Å². The number of aliphatic hydroxyl groups is 2. The van der Waals surface area contributed by atoms with Crippen LogP contribution < -0.4 is 17.0 Å². The second-order valence-electron chi connectivity index (χ2n) is 11.8. The zero-order valence-corrected chi connectivity index (χ0v) is 24.1. The first-order valence-electron chi connectivity index (χ1n) is 13.9. The molecule has 0 bridgehead atoms. The van der Waals surface area contributed by atoms with Crippen LogP contribution in [0.25, 0.3) is 0 Å². The number of aliphatic hydroxyl groups excluding tert-OH is 2. The number of rotatable bonds is 14. The molecule has 1 aliphatic rings. The normalized spacial score (nSPS) is 19.5. The van der Waals surface area contributed by atoms with Crippen molar-refractivity contribution in [2.24, 2.45) is 11.1 Å². The molecule has 1 fully saturated rings. The average molecular weight is 561 g/mol. The minimum atomic E-state index is -0.893. The van der Waals surface area contributed by atoms with Gasteiger partial charge in [0.2, 0.25) is 0 Å². The summed E-state index contributed by atoms with van der Waals surface area (Å²) in [5, 5.41) is 27.8. The average Bonchev–Trinajstić information content (AvgIpc) is 3.47. The molecule has 2 aromatic heterocycles. The summed E-state index contributed by atoms with van der Waals surface area (Å²) in [6.07, 6.45) is 5.77. The molecule has 5 N–H and O–H groups in total. The van der Waals surface area contributed by atoms with Gasteiger partial charge in [-0.15, -0.1) is 5.10 Å². The van der Waals surface area contributed by atoms with E-state index in [9.17, 15) is 19.8 Å². The van der Waals surface area contributed by atoms with E-state index in [1.807, 2.05) is 10.9 Å². The predicted molar refractivity (Wildman–Crippen MR) is 149 cm³/mol. The molecule has 1 aliphatic heterocycles. The molecule has 12 heteroatoms. The maximum atomic E-state index is 12.2. The zero-order chi connectivity index (χ0) is 29.3. The Morgan fingerprint density at radius 2 is 2.00 bits per heavy atom. The molecule has 3 atom stereocenters. The highest BCUT2D eigenvalue weighted by molar-refractivity contribution is 5.29. The van der Waals surface area contributed by atoms with Crippen molar-refractivity contribution in [3.8, 4) is 11.8 Å². The summed E-state index contributed by atoms with van der Waals surface area (Å²) >= 11 is 0. The van der Waals surface area contributed by atoms with Crippen LogP contribution in [0, 0.1) is 17.3 Å². The monoisotopic (exact) mass is 560 g/mol. The van der Waals surface area contributed by atoms with Gasteiger partial charge in [0.15, 0.2) is 0 Å². The lowest BCUT2D eigenvalue weighted by Crippen LogP contribution is -2.33. The Hall–Kier alpha value is -2.82. The van der Waals surface area contributed by atoms with Crippen molar-refractivity contribution in [1.82, 2.24) is 24.5 Å². The lowest BCUT2D eigenvalue weighted by Gasteiger charge is -2.29. The Morgan fingerprint density at radius 1 is 1.23 bits per heavy atom. The second kappa shape index (κ2) is 14.2. The highest BCUT2D eigenvalue weighted by Crippen LogP contribution is 2.27. The number of nitrogens with zero attached hydrogens (tertiary/aromatic N) is 4. The van der Waals surface area contributed by atoms with Crippen molar-refractivity contribution in [3.63, 3.8) is 0 Å². The van der Waals surface area contributed by atoms with E-state index in [1.54, 1.807) is 0 Å². The summed E-state index contributed by atoms with van der Waals surface area (Å²) < 4.78 is 14.6. The number of unbranched alkanes of at least 4 members (excludes halogenated alkanes) is 2. The van der Waals surface area contributed by atoms with E-state index in [2.05, 4.69) is 54.8 Å². The van der Waals surface area contributed by atoms with Gasteiger partial charge in [0.05, 0.1) is 24.0 Å². The van der Waals surface area contributed by atoms with Crippen LogP contribution in [0.3, 0.4) is 0 Å². The van der Waals surface area contributed by atoms with E-state index < -0.39 is 29.7 Å². The van der Waals surface area contributed by atoms with E-state index in [4.69, 9.17) is 15.2 Å². The Morgan fingerprint density at radius 3 is 2.70 bits per heavy atom. The fourth-order valence-corrected chi connectivity index (χ4v) is 4.59. The maximum Gasteiger partial charge on any atom is 0.330 e. The molecule has 0 amide bonds. The zero-order valence-electron chi connectivity index (χ0n) is 24.1. The third kappa shape index (κ3) is 9.38. The topological polar surface area (TPSA) is 171 Å². The summed E-state index contributed by atoms with van der Waals surface area (Å²) in [7, 11) is 0. The quantitative estimate of drug-likeness (QED) is 0.195. The minimum absolute atomic E-state index is 0.00384. The van der Waals surface area contributed by atoms with Crippen molar-refractivity contribution >= 4 is 0 Å². The molecule has 12 nitrogen and oxygen atoms in total. The first-order chi connectivity index (χ1) is 18.9. The number of aromatic amines is 1. The Bertz CT molecular complexity index is 1270. The molecule has 0 aliphatic carbocycles. The van der Waals surface area contributed by atoms with Gasteiger partial charge in [-0.25, -0.2) is 4.79 Å². The van der Waals surface area contributed by atoms with Crippen LogP contribution in [-0.4, -0.2) is 72.3 Å². The van der Waals surface area contributed by atoms with Crippen LogP contribution in [0.15, 0.2) is 22.0 Å². The SMILES string of the molecule is CC(C)(CCOC(C)(C)CCN)Cn1cc(CCCCC#Cc2cn([C@H]3CC(O)[C@@H](CO)O3)c(=O)[nH]c2=O)nn1. The number of aromatic nitrogens is 5. The van der Waals surface area contributed by atoms with Crippen LogP contribution in [0.1, 0.15) is 83.7 Å². The molecule has 3 heterocycles. The van der Waals surface area contributed by atoms with Crippen LogP contribution >= 0.6 is 0 Å². The van der Waals surface area contributed by atoms with Crippen molar-refractivity contribution < 1.29 is 19.7 Å². The van der Waals surface area contributed by atoms with Gasteiger partial charge < -0.3 is 25.4 Å². The molecule has 0 aromatic carbocycles. The van der Waals surface area contributed by atoms with Gasteiger partial charge in [-0.3, -0.25) is 19.0 Å². The van der Waals surface area contributed by atoms with E-state index in [0.29, 0.717) is 19.6 Å². The molecule has 1 unspecified atom stereocenters. The van der Waals surface area contributed by atoms with Gasteiger partial charge >= 0.3 is 5.69 Å². The molecule has 222 valence electrons. The standard InChI is InChI=1S/C28H44N6O6/c1-27(2,12-14-39-28(3,4)11-13-29)19-33-17-21(31-32-33)10-8-6-5-7-9-20-16-34(26(38)30-25(20)37)24-15-22(36)23(18-35)40-24/h16-17,22-24,35-36H,5-6,8,10-15,18-19,29H2,1-4H3,(H,30,37,38)/t22?,23-,24-/m1/s1. The number of hydrogen-bond acceptors (Lipinski definition) is 9. The highest BCUT2D eigenvalue weighted by atomic mass is 16.5. The molecule has 2 aromatic rings. The van der Waals surface area contributed by atoms with Gasteiger partial charge in [-0.1, -0.05) is 30.9 Å². The third-order valence-electron chi connectivity index (χ3n) is 7.06. The molecule has 3 rings (SSSR count). The van der Waals surface area contributed by atoms with Crippen LogP contribution in [0.5, 0.6) is 0 Å². The van der Waals surface area contributed by atoms with Crippen LogP contribution in [0.2, 0.25) is 0 Å². The van der Waals surface area contributed by atoms with Gasteiger partial charge in [-0.05, 0) is 57.9 Å². The number of H-pyrrole nitrogens is 1. The molecular weight excluding hydrogens is 516 g/mol. The summed E-state index contributed by atoms with van der Waals surface area (Å²) in [5.74, 6) is 5.83. The first-order valence-corrected chi connectivity index (χ1v) is 13.9. The number of nitrogens with one attached hydrogen (secondary N) is 1. The van der Waals surface area contributed by atoms with Crippen molar-refractivity contribution in [2.45, 2.75) is 103 Å². The minimum Gasteiger partial charge on any atom is -0.394 e. The van der Waals surface area contributed by atoms with E-state index >= 15 is 0 Å². The lowest BCUT2D eigenvalue weighted by molar-refractivity contribution is -0.0459. The van der Waals surface area contributed by atoms with E-state index in [-0.39, 0.29) is 29.6 Å². The Balaban J connectivity index is 1.44. The van der Waals surface area contributed by atoms with E-state index in [1.165, 1.54) is 10.8 Å². The van der Waals surface area contributed by atoms with Crippen molar-refractivity contribution in [3.05, 3.63) is 44.5 Å². The van der Waals surface area contributed by atoms with Crippen molar-refractivity contribution in [1.29, 1.82) is 0 Å². The van der Waals surface area contributed by atoms with Gasteiger partial charge in [0, 0.05) is 38.4 Å². The number of ether oxygens (including phenoxy) is 2. The molecule has 0 radical (unpaired) electrons. The fraction of sp³-hybridized carbons (Fsp3) is 0.714. The largest absolute Gasteiger partial charge is 0.394 e. The van der Waals surface area contributed by atoms with Gasteiger partial charge in [-0.2, -0.15) is 0 Å². The molecular formula is C28H44N6O6. The van der Waals surface area contributed by atoms with E-state index in [0.717, 1.165) is 44.3 Å². The summed E-state index contributed by atoms with van der Waals surface area (Å²) in [4.78, 5) is 26.7. The molecule has 1 saturated heterocycles. The van der Waals surface area contributed by atoms with Gasteiger partial charge in [0.1, 0.15) is 17.9 Å². The second-order valence-corrected chi connectivity index (χ2v) is 11.8. The number of nitrogens with two attached hydrogens (primary N) is 1. The Labute approximate surface area is 234 Å². The highest BCUT2D eigenvalue weighted by Gasteiger charge is 2.35. The van der Waals surface area contributed by atoms with Crippen LogP contribution in [-0.2, 0) is 22.4 Å². The molecule has 40 heavy (non-hydrogen) atoms. The predicted octanol–water partition coefficient (Wildman–Crippen LogP) is 1.09. The number of aryl methyl sites for hydroxylation is 1. The molecule has 0 spiro atoms. The molecule has 0 saturated carbocycles. The van der Waals surface area contributed by atoms with Crippen LogP contribution in [0.4, 0.5) is 0 Å². The summed E-state index contributed by atoms with van der Waals surface area (Å²) in [6.45, 7) is 10.2. The third-order valence-corrected chi connectivity index (χ3v) is 7.06. The smallest absolute Gasteiger partial charge is 0.330 e.